The van der Waals surface area contributed by atoms with E-state index >= 15 is 0 Å². The Morgan fingerprint density at radius 2 is 1.85 bits per heavy atom. The SMILES string of the molecule is CC(=O)Nc1ccc(C)c(NC(=O)C2CCN(C(=O)c3ccco3)CC2)c1. The molecule has 1 fully saturated rings. The molecule has 0 saturated carbocycles. The molecule has 142 valence electrons. The van der Waals surface area contributed by atoms with Crippen LogP contribution >= 0.6 is 0 Å². The summed E-state index contributed by atoms with van der Waals surface area (Å²) in [4.78, 5) is 37.9. The van der Waals surface area contributed by atoms with Crippen molar-refractivity contribution >= 4 is 29.1 Å². The lowest BCUT2D eigenvalue weighted by Crippen LogP contribution is -2.41. The maximum atomic E-state index is 12.6. The van der Waals surface area contributed by atoms with E-state index in [0.717, 1.165) is 5.56 Å². The highest BCUT2D eigenvalue weighted by atomic mass is 16.3. The third-order valence-electron chi connectivity index (χ3n) is 4.70. The van der Waals surface area contributed by atoms with Crippen molar-refractivity contribution in [3.8, 4) is 0 Å². The quantitative estimate of drug-likeness (QED) is 0.866. The van der Waals surface area contributed by atoms with E-state index in [0.29, 0.717) is 43.1 Å². The van der Waals surface area contributed by atoms with Gasteiger partial charge in [0.05, 0.1) is 6.26 Å². The Bertz CT molecular complexity index is 837. The molecule has 0 atom stereocenters. The van der Waals surface area contributed by atoms with Gasteiger partial charge < -0.3 is 20.0 Å². The van der Waals surface area contributed by atoms with Crippen LogP contribution in [0.2, 0.25) is 0 Å². The molecule has 2 heterocycles. The van der Waals surface area contributed by atoms with E-state index in [4.69, 9.17) is 4.42 Å². The number of benzene rings is 1. The highest BCUT2D eigenvalue weighted by Gasteiger charge is 2.29. The molecule has 3 rings (SSSR count). The molecule has 0 radical (unpaired) electrons. The summed E-state index contributed by atoms with van der Waals surface area (Å²) in [6.07, 6.45) is 2.68. The van der Waals surface area contributed by atoms with Crippen LogP contribution in [0.4, 0.5) is 11.4 Å². The summed E-state index contributed by atoms with van der Waals surface area (Å²) in [7, 11) is 0. The van der Waals surface area contributed by atoms with Gasteiger partial charge in [-0.3, -0.25) is 14.4 Å². The Kier molecular flexibility index (Phi) is 5.59. The van der Waals surface area contributed by atoms with Crippen molar-refractivity contribution in [3.63, 3.8) is 0 Å². The smallest absolute Gasteiger partial charge is 0.289 e. The zero-order valence-electron chi connectivity index (χ0n) is 15.5. The average molecular weight is 369 g/mol. The Morgan fingerprint density at radius 3 is 2.48 bits per heavy atom. The van der Waals surface area contributed by atoms with Crippen LogP contribution in [0.1, 0.15) is 35.9 Å². The molecule has 7 nitrogen and oxygen atoms in total. The Morgan fingerprint density at radius 1 is 1.11 bits per heavy atom. The molecule has 0 bridgehead atoms. The molecular weight excluding hydrogens is 346 g/mol. The molecule has 2 N–H and O–H groups in total. The minimum Gasteiger partial charge on any atom is -0.459 e. The number of furan rings is 1. The van der Waals surface area contributed by atoms with Gasteiger partial charge in [0.2, 0.25) is 11.8 Å². The summed E-state index contributed by atoms with van der Waals surface area (Å²) in [5, 5.41) is 5.67. The first-order chi connectivity index (χ1) is 12.9. The molecule has 27 heavy (non-hydrogen) atoms. The second-order valence-electron chi connectivity index (χ2n) is 6.74. The van der Waals surface area contributed by atoms with Crippen LogP contribution in [0, 0.1) is 12.8 Å². The van der Waals surface area contributed by atoms with E-state index in [9.17, 15) is 14.4 Å². The minimum atomic E-state index is -0.162. The molecule has 2 aromatic rings. The lowest BCUT2D eigenvalue weighted by atomic mass is 9.95. The van der Waals surface area contributed by atoms with E-state index in [1.54, 1.807) is 29.2 Å². The van der Waals surface area contributed by atoms with E-state index in [2.05, 4.69) is 10.6 Å². The molecular formula is C20H23N3O4. The predicted molar refractivity (Wildman–Crippen MR) is 101 cm³/mol. The number of nitrogens with zero attached hydrogens (tertiary/aromatic N) is 1. The zero-order valence-corrected chi connectivity index (χ0v) is 15.5. The van der Waals surface area contributed by atoms with Crippen LogP contribution in [-0.4, -0.2) is 35.7 Å². The maximum absolute atomic E-state index is 12.6. The van der Waals surface area contributed by atoms with Crippen molar-refractivity contribution < 1.29 is 18.8 Å². The fourth-order valence-corrected chi connectivity index (χ4v) is 3.17. The average Bonchev–Trinajstić information content (AvgIpc) is 3.18. The van der Waals surface area contributed by atoms with Gasteiger partial charge in [0.1, 0.15) is 0 Å². The number of hydrogen-bond donors (Lipinski definition) is 2. The van der Waals surface area contributed by atoms with Crippen LogP contribution in [0.3, 0.4) is 0 Å². The van der Waals surface area contributed by atoms with Crippen LogP contribution < -0.4 is 10.6 Å². The topological polar surface area (TPSA) is 91.7 Å². The minimum absolute atomic E-state index is 0.0665. The molecule has 1 aromatic carbocycles. The van der Waals surface area contributed by atoms with E-state index in [1.165, 1.54) is 13.2 Å². The van der Waals surface area contributed by atoms with Gasteiger partial charge in [0, 0.05) is 37.3 Å². The van der Waals surface area contributed by atoms with Crippen molar-refractivity contribution in [2.45, 2.75) is 26.7 Å². The van der Waals surface area contributed by atoms with Gasteiger partial charge in [-0.2, -0.15) is 0 Å². The molecule has 1 aliphatic rings. The van der Waals surface area contributed by atoms with Gasteiger partial charge in [-0.05, 0) is 49.6 Å². The summed E-state index contributed by atoms with van der Waals surface area (Å²) < 4.78 is 5.15. The number of piperidine rings is 1. The standard InChI is InChI=1S/C20H23N3O4/c1-13-5-6-16(21-14(2)24)12-17(13)22-19(25)15-7-9-23(10-8-15)20(26)18-4-3-11-27-18/h3-6,11-12,15H,7-10H2,1-2H3,(H,21,24)(H,22,25). The van der Waals surface area contributed by atoms with Crippen molar-refractivity contribution in [1.29, 1.82) is 0 Å². The molecule has 7 heteroatoms. The van der Waals surface area contributed by atoms with Gasteiger partial charge in [-0.25, -0.2) is 0 Å². The predicted octanol–water partition coefficient (Wildman–Crippen LogP) is 3.04. The Labute approximate surface area is 157 Å². The number of anilines is 2. The van der Waals surface area contributed by atoms with Gasteiger partial charge >= 0.3 is 0 Å². The summed E-state index contributed by atoms with van der Waals surface area (Å²) >= 11 is 0. The summed E-state index contributed by atoms with van der Waals surface area (Å²) in [6.45, 7) is 4.37. The van der Waals surface area contributed by atoms with E-state index < -0.39 is 0 Å². The second-order valence-corrected chi connectivity index (χ2v) is 6.74. The number of nitrogens with one attached hydrogen (secondary N) is 2. The molecule has 1 aliphatic heterocycles. The largest absolute Gasteiger partial charge is 0.459 e. The van der Waals surface area contributed by atoms with Crippen LogP contribution in [-0.2, 0) is 9.59 Å². The van der Waals surface area contributed by atoms with Gasteiger partial charge in [0.15, 0.2) is 5.76 Å². The number of amides is 3. The van der Waals surface area contributed by atoms with Crippen molar-refractivity contribution in [2.24, 2.45) is 5.92 Å². The zero-order chi connectivity index (χ0) is 19.4. The van der Waals surface area contributed by atoms with Gasteiger partial charge in [-0.15, -0.1) is 0 Å². The first kappa shape index (κ1) is 18.7. The fourth-order valence-electron chi connectivity index (χ4n) is 3.17. The molecule has 3 amide bonds. The number of likely N-dealkylation sites (tertiary alicyclic amines) is 1. The molecule has 0 unspecified atom stereocenters. The Balaban J connectivity index is 1.58. The normalized spacial score (nSPS) is 14.7. The van der Waals surface area contributed by atoms with E-state index in [-0.39, 0.29) is 23.6 Å². The lowest BCUT2D eigenvalue weighted by molar-refractivity contribution is -0.121. The van der Waals surface area contributed by atoms with Crippen LogP contribution in [0.5, 0.6) is 0 Å². The molecule has 0 spiro atoms. The number of carbonyl (C=O) groups excluding carboxylic acids is 3. The number of aryl methyl sites for hydroxylation is 1. The third kappa shape index (κ3) is 4.55. The maximum Gasteiger partial charge on any atom is 0.289 e. The Hall–Kier alpha value is -3.09. The fraction of sp³-hybridized carbons (Fsp3) is 0.350. The summed E-state index contributed by atoms with van der Waals surface area (Å²) in [5.41, 5.74) is 2.24. The summed E-state index contributed by atoms with van der Waals surface area (Å²) in [5.74, 6) is -0.205. The number of hydrogen-bond acceptors (Lipinski definition) is 4. The highest BCUT2D eigenvalue weighted by Crippen LogP contribution is 2.24. The monoisotopic (exact) mass is 369 g/mol. The second kappa shape index (κ2) is 8.07. The third-order valence-corrected chi connectivity index (χ3v) is 4.70. The van der Waals surface area contributed by atoms with Crippen molar-refractivity contribution in [1.82, 2.24) is 4.90 Å². The molecule has 1 saturated heterocycles. The number of carbonyl (C=O) groups is 3. The van der Waals surface area contributed by atoms with Crippen molar-refractivity contribution in [3.05, 3.63) is 47.9 Å². The molecule has 1 aromatic heterocycles. The van der Waals surface area contributed by atoms with Gasteiger partial charge in [0.25, 0.3) is 5.91 Å². The molecule has 0 aliphatic carbocycles. The van der Waals surface area contributed by atoms with Gasteiger partial charge in [-0.1, -0.05) is 6.07 Å². The van der Waals surface area contributed by atoms with E-state index in [1.807, 2.05) is 13.0 Å². The highest BCUT2D eigenvalue weighted by molar-refractivity contribution is 5.96. The number of rotatable bonds is 4. The first-order valence-corrected chi connectivity index (χ1v) is 8.96. The van der Waals surface area contributed by atoms with Crippen molar-refractivity contribution in [2.75, 3.05) is 23.7 Å². The first-order valence-electron chi connectivity index (χ1n) is 8.96. The van der Waals surface area contributed by atoms with Crippen LogP contribution in [0.15, 0.2) is 41.0 Å². The lowest BCUT2D eigenvalue weighted by Gasteiger charge is -2.30. The van der Waals surface area contributed by atoms with Crippen LogP contribution in [0.25, 0.3) is 0 Å². The summed E-state index contributed by atoms with van der Waals surface area (Å²) in [6, 6.07) is 8.73.